The van der Waals surface area contributed by atoms with Gasteiger partial charge in [0, 0.05) is 33.0 Å². The second kappa shape index (κ2) is 16.8. The summed E-state index contributed by atoms with van der Waals surface area (Å²) in [4.78, 5) is 18.4. The third-order valence-electron chi connectivity index (χ3n) is 17.1. The minimum Gasteiger partial charge on any atom is -0.309 e. The summed E-state index contributed by atoms with van der Waals surface area (Å²) >= 11 is 0. The second-order valence-electron chi connectivity index (χ2n) is 21.5. The third kappa shape index (κ3) is 6.27. The summed E-state index contributed by atoms with van der Waals surface area (Å²) in [6.45, 7) is 4.76. The van der Waals surface area contributed by atoms with E-state index in [9.17, 15) is 0 Å². The molecule has 1 atom stereocenters. The van der Waals surface area contributed by atoms with Gasteiger partial charge in [-0.25, -0.2) is 4.98 Å². The van der Waals surface area contributed by atoms with E-state index < -0.39 is 5.41 Å². The fraction of sp³-hybridized carbons (Fsp3) is 0.0548. The molecule has 0 fully saturated rings. The lowest BCUT2D eigenvalue weighted by molar-refractivity contribution is 0.659. The Morgan fingerprint density at radius 2 is 0.808 bits per heavy atom. The van der Waals surface area contributed by atoms with E-state index in [1.165, 1.54) is 83.1 Å². The standard InChI is InChI=1S/C73H49N5/c1-72(2)57-29-15-12-27-54(57)67-61(72)41-42-62-68(67)55-28-13-16-30-58(55)73(62)59-31-17-19-33-65(59)78(71-75-69(48-22-8-4-9-23-48)74-70(76-71)49-24-10-5-11-25-49)66-45-51(36-40-60(66)73)50-37-43-64-56(44-50)53-26-14-18-32-63(53)77(64)52-38-34-47(35-39-52)46-20-6-3-7-21-46/h3-45H,1-2H3. The van der Waals surface area contributed by atoms with Crippen LogP contribution in [-0.2, 0) is 10.8 Å². The van der Waals surface area contributed by atoms with Crippen molar-refractivity contribution in [3.8, 4) is 73.0 Å². The second-order valence-corrected chi connectivity index (χ2v) is 21.5. The Morgan fingerprint density at radius 3 is 1.53 bits per heavy atom. The number of hydrogen-bond acceptors (Lipinski definition) is 4. The first-order valence-corrected chi connectivity index (χ1v) is 26.9. The molecule has 2 aromatic heterocycles. The van der Waals surface area contributed by atoms with Crippen molar-refractivity contribution in [2.75, 3.05) is 4.90 Å². The summed E-state index contributed by atoms with van der Waals surface area (Å²) in [6.07, 6.45) is 0. The lowest BCUT2D eigenvalue weighted by Gasteiger charge is -2.44. The summed E-state index contributed by atoms with van der Waals surface area (Å²) in [5.74, 6) is 1.77. The monoisotopic (exact) mass is 995 g/mol. The van der Waals surface area contributed by atoms with Crippen LogP contribution in [-0.4, -0.2) is 19.5 Å². The first kappa shape index (κ1) is 44.3. The first-order valence-electron chi connectivity index (χ1n) is 26.9. The van der Waals surface area contributed by atoms with Gasteiger partial charge in [0.25, 0.3) is 0 Å². The topological polar surface area (TPSA) is 46.8 Å². The van der Waals surface area contributed by atoms with E-state index in [0.29, 0.717) is 17.6 Å². The van der Waals surface area contributed by atoms with E-state index in [4.69, 9.17) is 15.0 Å². The van der Waals surface area contributed by atoms with E-state index in [-0.39, 0.29) is 5.41 Å². The molecule has 366 valence electrons. The van der Waals surface area contributed by atoms with E-state index in [1.54, 1.807) is 0 Å². The number of nitrogens with zero attached hydrogens (tertiary/aromatic N) is 5. The first-order chi connectivity index (χ1) is 38.4. The molecule has 2 aliphatic carbocycles. The molecule has 5 heteroatoms. The Bertz CT molecular complexity index is 4520. The average Bonchev–Trinajstić information content (AvgIpc) is 3.20. The van der Waals surface area contributed by atoms with Crippen LogP contribution in [0.5, 0.6) is 0 Å². The van der Waals surface area contributed by atoms with Gasteiger partial charge in [-0.15, -0.1) is 0 Å². The number of rotatable bonds is 6. The summed E-state index contributed by atoms with van der Waals surface area (Å²) in [5, 5.41) is 2.40. The number of fused-ring (bicyclic) bond motifs is 16. The molecule has 0 N–H and O–H groups in total. The van der Waals surface area contributed by atoms with Crippen LogP contribution in [0.25, 0.3) is 94.8 Å². The molecule has 5 nitrogen and oxygen atoms in total. The fourth-order valence-corrected chi connectivity index (χ4v) is 13.6. The smallest absolute Gasteiger partial charge is 0.238 e. The van der Waals surface area contributed by atoms with Crippen molar-refractivity contribution in [3.63, 3.8) is 0 Å². The van der Waals surface area contributed by atoms with E-state index in [0.717, 1.165) is 44.8 Å². The van der Waals surface area contributed by atoms with Crippen molar-refractivity contribution in [2.45, 2.75) is 24.7 Å². The lowest BCUT2D eigenvalue weighted by atomic mass is 9.64. The Hall–Kier alpha value is -9.97. The predicted octanol–water partition coefficient (Wildman–Crippen LogP) is 18.1. The van der Waals surface area contributed by atoms with Crippen molar-refractivity contribution in [1.29, 1.82) is 0 Å². The van der Waals surface area contributed by atoms with Gasteiger partial charge in [0.2, 0.25) is 5.95 Å². The van der Waals surface area contributed by atoms with Crippen LogP contribution in [0.4, 0.5) is 17.3 Å². The van der Waals surface area contributed by atoms with Crippen molar-refractivity contribution in [1.82, 2.24) is 19.5 Å². The summed E-state index contributed by atoms with van der Waals surface area (Å²) in [7, 11) is 0. The zero-order chi connectivity index (χ0) is 51.7. The summed E-state index contributed by atoms with van der Waals surface area (Å²) in [5.41, 5.74) is 23.9. The molecule has 11 aromatic carbocycles. The van der Waals surface area contributed by atoms with Gasteiger partial charge in [-0.3, -0.25) is 4.90 Å². The summed E-state index contributed by atoms with van der Waals surface area (Å²) in [6, 6.07) is 95.1. The number of benzene rings is 11. The molecule has 0 bridgehead atoms. The zero-order valence-corrected chi connectivity index (χ0v) is 43.1. The number of anilines is 3. The Kier molecular flexibility index (Phi) is 9.53. The van der Waals surface area contributed by atoms with Gasteiger partial charge in [-0.2, -0.15) is 9.97 Å². The molecule has 0 saturated carbocycles. The number of aromatic nitrogens is 4. The van der Waals surface area contributed by atoms with Gasteiger partial charge >= 0.3 is 0 Å². The average molecular weight is 996 g/mol. The highest BCUT2D eigenvalue weighted by molar-refractivity contribution is 6.11. The highest BCUT2D eigenvalue weighted by atomic mass is 15.3. The van der Waals surface area contributed by atoms with E-state index >= 15 is 0 Å². The van der Waals surface area contributed by atoms with E-state index in [1.807, 2.05) is 36.4 Å². The fourth-order valence-electron chi connectivity index (χ4n) is 13.6. The molecule has 0 saturated heterocycles. The van der Waals surface area contributed by atoms with Gasteiger partial charge in [-0.1, -0.05) is 232 Å². The zero-order valence-electron chi connectivity index (χ0n) is 43.1. The van der Waals surface area contributed by atoms with Gasteiger partial charge in [0.15, 0.2) is 11.6 Å². The lowest BCUT2D eigenvalue weighted by Crippen LogP contribution is -2.36. The maximum atomic E-state index is 5.48. The molecule has 3 aliphatic rings. The Morgan fingerprint density at radius 1 is 0.321 bits per heavy atom. The highest BCUT2D eigenvalue weighted by Gasteiger charge is 2.54. The van der Waals surface area contributed by atoms with Crippen LogP contribution in [0.15, 0.2) is 261 Å². The van der Waals surface area contributed by atoms with Crippen LogP contribution >= 0.6 is 0 Å². The summed E-state index contributed by atoms with van der Waals surface area (Å²) < 4.78 is 2.40. The number of hydrogen-bond donors (Lipinski definition) is 0. The van der Waals surface area contributed by atoms with Gasteiger partial charge < -0.3 is 4.57 Å². The minimum absolute atomic E-state index is 0.161. The SMILES string of the molecule is CC1(C)c2ccccc2-c2c1ccc1c2-c2ccccc2C12c1ccccc1N(c1nc(-c3ccccc3)nc(-c3ccccc3)n1)c1cc(-c3ccc4c(c3)c3ccccc3n4-c3ccc(-c4ccccc4)cc3)ccc12. The maximum absolute atomic E-state index is 5.48. The predicted molar refractivity (Wildman–Crippen MR) is 319 cm³/mol. The molecule has 0 amide bonds. The molecule has 16 rings (SSSR count). The molecule has 1 spiro atoms. The van der Waals surface area contributed by atoms with Crippen LogP contribution in [0.3, 0.4) is 0 Å². The minimum atomic E-state index is -0.700. The third-order valence-corrected chi connectivity index (χ3v) is 17.1. The normalized spacial score (nSPS) is 15.2. The van der Waals surface area contributed by atoms with Crippen molar-refractivity contribution < 1.29 is 0 Å². The van der Waals surface area contributed by atoms with Crippen molar-refractivity contribution in [3.05, 3.63) is 294 Å². The maximum Gasteiger partial charge on any atom is 0.238 e. The molecule has 1 unspecified atom stereocenters. The molecule has 3 heterocycles. The molecule has 13 aromatic rings. The largest absolute Gasteiger partial charge is 0.309 e. The van der Waals surface area contributed by atoms with Crippen LogP contribution in [0, 0.1) is 0 Å². The Balaban J connectivity index is 0.957. The van der Waals surface area contributed by atoms with Gasteiger partial charge in [-0.05, 0) is 120 Å². The molecular formula is C73H49N5. The van der Waals surface area contributed by atoms with Gasteiger partial charge in [0.1, 0.15) is 0 Å². The van der Waals surface area contributed by atoms with Crippen LogP contribution < -0.4 is 4.90 Å². The van der Waals surface area contributed by atoms with Gasteiger partial charge in [0.05, 0.1) is 27.8 Å². The van der Waals surface area contributed by atoms with Crippen molar-refractivity contribution >= 4 is 39.1 Å². The molecule has 0 radical (unpaired) electrons. The number of para-hydroxylation sites is 2. The molecule has 78 heavy (non-hydrogen) atoms. The highest BCUT2D eigenvalue weighted by Crippen LogP contribution is 2.67. The molecule has 1 aliphatic heterocycles. The van der Waals surface area contributed by atoms with Crippen molar-refractivity contribution in [2.24, 2.45) is 0 Å². The quantitative estimate of drug-likeness (QED) is 0.167. The molecular weight excluding hydrogens is 947 g/mol. The van der Waals surface area contributed by atoms with Crippen LogP contribution in [0.2, 0.25) is 0 Å². The Labute approximate surface area is 453 Å². The van der Waals surface area contributed by atoms with Crippen LogP contribution in [0.1, 0.15) is 47.2 Å². The van der Waals surface area contributed by atoms with E-state index in [2.05, 4.69) is 248 Å².